The van der Waals surface area contributed by atoms with Crippen LogP contribution in [0.4, 0.5) is 4.79 Å². The van der Waals surface area contributed by atoms with E-state index >= 15 is 0 Å². The number of likely N-dealkylation sites (tertiary alicyclic amines) is 1. The number of piperidine rings is 1. The summed E-state index contributed by atoms with van der Waals surface area (Å²) >= 11 is 0. The lowest BCUT2D eigenvalue weighted by Crippen LogP contribution is -2.40. The molecule has 1 atom stereocenters. The number of carbonyl (C=O) groups is 1. The minimum atomic E-state index is -0.373. The number of ether oxygens (including phenoxy) is 1. The first-order valence-corrected chi connectivity index (χ1v) is 8.65. The molecular weight excluding hydrogens is 342 g/mol. The maximum atomic E-state index is 11.9. The van der Waals surface area contributed by atoms with Gasteiger partial charge in [-0.25, -0.2) is 4.79 Å². The number of aliphatic hydroxyl groups is 1. The van der Waals surface area contributed by atoms with Crippen LogP contribution in [0.2, 0.25) is 0 Å². The van der Waals surface area contributed by atoms with Crippen LogP contribution in [0.5, 0.6) is 0 Å². The Bertz CT molecular complexity index is 562. The van der Waals surface area contributed by atoms with Crippen molar-refractivity contribution in [2.45, 2.75) is 25.4 Å². The van der Waals surface area contributed by atoms with Gasteiger partial charge in [0.05, 0.1) is 12.8 Å². The first-order chi connectivity index (χ1) is 11.7. The van der Waals surface area contributed by atoms with E-state index in [0.717, 1.165) is 44.5 Å². The van der Waals surface area contributed by atoms with Crippen LogP contribution in [-0.2, 0) is 4.74 Å². The molecule has 1 aromatic rings. The van der Waals surface area contributed by atoms with Crippen LogP contribution < -0.4 is 0 Å². The van der Waals surface area contributed by atoms with Crippen molar-refractivity contribution in [3.8, 4) is 0 Å². The Morgan fingerprint density at radius 3 is 2.64 bits per heavy atom. The summed E-state index contributed by atoms with van der Waals surface area (Å²) in [5.41, 5.74) is 0.958. The zero-order chi connectivity index (χ0) is 16.8. The van der Waals surface area contributed by atoms with Crippen molar-refractivity contribution in [3.05, 3.63) is 35.9 Å². The Morgan fingerprint density at radius 1 is 1.24 bits per heavy atom. The smallest absolute Gasteiger partial charge is 0.430 e. The van der Waals surface area contributed by atoms with Crippen LogP contribution in [0.1, 0.15) is 24.8 Å². The van der Waals surface area contributed by atoms with Crippen molar-refractivity contribution in [1.82, 2.24) is 9.91 Å². The highest BCUT2D eigenvalue weighted by molar-refractivity contribution is 5.85. The zero-order valence-electron chi connectivity index (χ0n) is 14.3. The molecule has 0 spiro atoms. The second kappa shape index (κ2) is 9.75. The zero-order valence-corrected chi connectivity index (χ0v) is 15.1. The number of carbonyl (C=O) groups excluding carboxylic acids is 1. The van der Waals surface area contributed by atoms with E-state index in [2.05, 4.69) is 10.0 Å². The molecule has 2 heterocycles. The molecule has 138 valence electrons. The highest BCUT2D eigenvalue weighted by Crippen LogP contribution is 2.21. The van der Waals surface area contributed by atoms with Gasteiger partial charge in [0, 0.05) is 13.2 Å². The fourth-order valence-electron chi connectivity index (χ4n) is 3.30. The van der Waals surface area contributed by atoms with Gasteiger partial charge < -0.3 is 9.84 Å². The van der Waals surface area contributed by atoms with Crippen molar-refractivity contribution < 1.29 is 14.6 Å². The molecule has 3 rings (SSSR count). The first kappa shape index (κ1) is 19.7. The minimum Gasteiger partial charge on any atom is -0.441 e. The van der Waals surface area contributed by atoms with Gasteiger partial charge in [0.1, 0.15) is 6.10 Å². The Kier molecular flexibility index (Phi) is 7.68. The van der Waals surface area contributed by atoms with Gasteiger partial charge in [0.15, 0.2) is 0 Å². The summed E-state index contributed by atoms with van der Waals surface area (Å²) in [6, 6.07) is 9.71. The van der Waals surface area contributed by atoms with Crippen LogP contribution in [0.3, 0.4) is 0 Å². The third kappa shape index (κ3) is 5.70. The molecule has 0 saturated carbocycles. The number of nitrogens with zero attached hydrogens (tertiary/aromatic N) is 3. The van der Waals surface area contributed by atoms with Crippen molar-refractivity contribution in [2.24, 2.45) is 11.0 Å². The summed E-state index contributed by atoms with van der Waals surface area (Å²) in [7, 11) is 0. The molecule has 2 aliphatic heterocycles. The van der Waals surface area contributed by atoms with Crippen LogP contribution in [-0.4, -0.2) is 66.2 Å². The molecule has 0 bridgehead atoms. The maximum Gasteiger partial charge on any atom is 0.430 e. The Labute approximate surface area is 154 Å². The van der Waals surface area contributed by atoms with Crippen molar-refractivity contribution in [3.63, 3.8) is 0 Å². The molecule has 25 heavy (non-hydrogen) atoms. The summed E-state index contributed by atoms with van der Waals surface area (Å²) in [5.74, 6) is 0.629. The molecule has 1 aromatic carbocycles. The highest BCUT2D eigenvalue weighted by Gasteiger charge is 2.33. The molecule has 6 nitrogen and oxygen atoms in total. The van der Waals surface area contributed by atoms with Crippen LogP contribution in [0.15, 0.2) is 35.4 Å². The van der Waals surface area contributed by atoms with E-state index in [0.29, 0.717) is 12.5 Å². The average Bonchev–Trinajstić information content (AvgIpc) is 2.95. The quantitative estimate of drug-likeness (QED) is 0.784. The number of benzene rings is 1. The predicted molar refractivity (Wildman–Crippen MR) is 99.1 cm³/mol. The van der Waals surface area contributed by atoms with E-state index in [1.807, 2.05) is 30.3 Å². The van der Waals surface area contributed by atoms with Gasteiger partial charge in [0.25, 0.3) is 0 Å². The third-order valence-electron chi connectivity index (χ3n) is 4.71. The van der Waals surface area contributed by atoms with Crippen molar-refractivity contribution >= 4 is 24.7 Å². The van der Waals surface area contributed by atoms with Crippen LogP contribution >= 0.6 is 12.4 Å². The number of amides is 1. The number of hydrogen-bond donors (Lipinski definition) is 1. The standard InChI is InChI=1S/C18H25N3O3.ClH/c22-11-8-15-6-9-20(10-7-15)13-17-14-21(18(23)24-17)19-12-16-4-2-1-3-5-16;/h1-5,12,15,17,22H,6-11,13-14H2;1H. The Morgan fingerprint density at radius 2 is 1.96 bits per heavy atom. The van der Waals surface area contributed by atoms with Gasteiger partial charge >= 0.3 is 6.09 Å². The molecule has 2 fully saturated rings. The topological polar surface area (TPSA) is 65.4 Å². The lowest BCUT2D eigenvalue weighted by atomic mass is 9.94. The van der Waals surface area contributed by atoms with E-state index in [-0.39, 0.29) is 31.2 Å². The number of hydrogen-bond acceptors (Lipinski definition) is 5. The van der Waals surface area contributed by atoms with Crippen molar-refractivity contribution in [2.75, 3.05) is 32.8 Å². The molecule has 1 amide bonds. The van der Waals surface area contributed by atoms with E-state index in [9.17, 15) is 4.79 Å². The number of rotatable bonds is 6. The normalized spacial score (nSPS) is 22.2. The van der Waals surface area contributed by atoms with E-state index in [1.165, 1.54) is 5.01 Å². The second-order valence-electron chi connectivity index (χ2n) is 6.50. The largest absolute Gasteiger partial charge is 0.441 e. The first-order valence-electron chi connectivity index (χ1n) is 8.65. The molecule has 0 aromatic heterocycles. The van der Waals surface area contributed by atoms with Gasteiger partial charge in [-0.05, 0) is 43.8 Å². The average molecular weight is 368 g/mol. The van der Waals surface area contributed by atoms with Gasteiger partial charge in [-0.2, -0.15) is 10.1 Å². The Balaban J connectivity index is 0.00000225. The van der Waals surface area contributed by atoms with Crippen molar-refractivity contribution in [1.29, 1.82) is 0 Å². The number of aliphatic hydroxyl groups excluding tert-OH is 1. The number of hydrazone groups is 1. The molecule has 7 heteroatoms. The summed E-state index contributed by atoms with van der Waals surface area (Å²) in [5, 5.41) is 14.7. The van der Waals surface area contributed by atoms with E-state index in [4.69, 9.17) is 9.84 Å². The fraction of sp³-hybridized carbons (Fsp3) is 0.556. The molecule has 1 N–H and O–H groups in total. The molecular formula is C18H26ClN3O3. The van der Waals surface area contributed by atoms with Gasteiger partial charge in [-0.15, -0.1) is 12.4 Å². The second-order valence-corrected chi connectivity index (χ2v) is 6.50. The summed E-state index contributed by atoms with van der Waals surface area (Å²) in [6.07, 6.45) is 4.30. The molecule has 2 aliphatic rings. The van der Waals surface area contributed by atoms with Gasteiger partial charge in [-0.3, -0.25) is 4.90 Å². The Hall–Kier alpha value is -1.63. The van der Waals surface area contributed by atoms with Gasteiger partial charge in [0.2, 0.25) is 0 Å². The highest BCUT2D eigenvalue weighted by atomic mass is 35.5. The molecule has 0 aliphatic carbocycles. The summed E-state index contributed by atoms with van der Waals surface area (Å²) in [4.78, 5) is 14.3. The molecule has 2 saturated heterocycles. The van der Waals surface area contributed by atoms with Crippen LogP contribution in [0, 0.1) is 5.92 Å². The number of halogens is 1. The molecule has 1 unspecified atom stereocenters. The minimum absolute atomic E-state index is 0. The molecule has 0 radical (unpaired) electrons. The number of cyclic esters (lactones) is 1. The lowest BCUT2D eigenvalue weighted by molar-refractivity contribution is 0.0866. The summed E-state index contributed by atoms with van der Waals surface area (Å²) in [6.45, 7) is 3.55. The predicted octanol–water partition coefficient (Wildman–Crippen LogP) is 2.36. The monoisotopic (exact) mass is 367 g/mol. The fourth-order valence-corrected chi connectivity index (χ4v) is 3.30. The SMILES string of the molecule is Cl.O=C1OC(CN2CCC(CCO)CC2)CN1N=Cc1ccccc1. The lowest BCUT2D eigenvalue weighted by Gasteiger charge is -2.32. The van der Waals surface area contributed by atoms with E-state index in [1.54, 1.807) is 6.21 Å². The maximum absolute atomic E-state index is 11.9. The third-order valence-corrected chi connectivity index (χ3v) is 4.71. The van der Waals surface area contributed by atoms with Crippen LogP contribution in [0.25, 0.3) is 0 Å². The summed E-state index contributed by atoms with van der Waals surface area (Å²) < 4.78 is 5.43. The van der Waals surface area contributed by atoms with Gasteiger partial charge in [-0.1, -0.05) is 30.3 Å². The van der Waals surface area contributed by atoms with E-state index < -0.39 is 0 Å².